The first kappa shape index (κ1) is 31.4. The molecule has 1 saturated carbocycles. The van der Waals surface area contributed by atoms with E-state index in [-0.39, 0.29) is 23.4 Å². The van der Waals surface area contributed by atoms with Crippen LogP contribution in [-0.2, 0) is 26.2 Å². The summed E-state index contributed by atoms with van der Waals surface area (Å²) in [6.07, 6.45) is 4.29. The largest absolute Gasteiger partial charge is 0.497 e. The van der Waals surface area contributed by atoms with E-state index in [9.17, 15) is 18.0 Å². The highest BCUT2D eigenvalue weighted by molar-refractivity contribution is 7.92. The third kappa shape index (κ3) is 7.44. The summed E-state index contributed by atoms with van der Waals surface area (Å²) < 4.78 is 34.5. The van der Waals surface area contributed by atoms with Crippen LogP contribution in [0.3, 0.4) is 0 Å². The highest BCUT2D eigenvalue weighted by atomic mass is 35.5. The maximum absolute atomic E-state index is 14.3. The van der Waals surface area contributed by atoms with Gasteiger partial charge in [-0.2, -0.15) is 0 Å². The fourth-order valence-corrected chi connectivity index (χ4v) is 7.11. The second-order valence-corrected chi connectivity index (χ2v) is 12.8. The normalized spacial score (nSPS) is 14.3. The van der Waals surface area contributed by atoms with Crippen molar-refractivity contribution in [1.82, 2.24) is 10.2 Å². The van der Waals surface area contributed by atoms with Gasteiger partial charge in [-0.05, 0) is 79.8 Å². The molecule has 1 N–H and O–H groups in total. The minimum Gasteiger partial charge on any atom is -0.497 e. The van der Waals surface area contributed by atoms with Crippen LogP contribution >= 0.6 is 11.6 Å². The molecule has 0 radical (unpaired) electrons. The van der Waals surface area contributed by atoms with Crippen LogP contribution in [0.2, 0.25) is 5.02 Å². The Hall–Kier alpha value is -3.56. The molecule has 1 fully saturated rings. The number of amides is 2. The van der Waals surface area contributed by atoms with Gasteiger partial charge in [0.2, 0.25) is 11.8 Å². The van der Waals surface area contributed by atoms with Crippen molar-refractivity contribution in [3.63, 3.8) is 0 Å². The van der Waals surface area contributed by atoms with Crippen LogP contribution in [0.15, 0.2) is 77.7 Å². The van der Waals surface area contributed by atoms with Crippen molar-refractivity contribution >= 4 is 39.1 Å². The summed E-state index contributed by atoms with van der Waals surface area (Å²) in [4.78, 5) is 29.4. The number of sulfonamides is 1. The van der Waals surface area contributed by atoms with Crippen LogP contribution < -0.4 is 14.4 Å². The Morgan fingerprint density at radius 1 is 1.02 bits per heavy atom. The van der Waals surface area contributed by atoms with Crippen LogP contribution in [0.1, 0.15) is 50.2 Å². The van der Waals surface area contributed by atoms with Gasteiger partial charge in [-0.15, -0.1) is 0 Å². The zero-order chi connectivity index (χ0) is 30.3. The lowest BCUT2D eigenvalue weighted by molar-refractivity contribution is -0.140. The van der Waals surface area contributed by atoms with Crippen molar-refractivity contribution < 1.29 is 22.7 Å². The van der Waals surface area contributed by atoms with E-state index >= 15 is 0 Å². The van der Waals surface area contributed by atoms with E-state index in [0.717, 1.165) is 35.6 Å². The zero-order valence-corrected chi connectivity index (χ0v) is 25.8. The number of halogens is 1. The first-order valence-corrected chi connectivity index (χ1v) is 16.0. The van der Waals surface area contributed by atoms with Crippen molar-refractivity contribution in [2.45, 2.75) is 69.5 Å². The van der Waals surface area contributed by atoms with Gasteiger partial charge in [-0.3, -0.25) is 13.9 Å². The molecule has 10 heteroatoms. The Morgan fingerprint density at radius 3 is 2.38 bits per heavy atom. The van der Waals surface area contributed by atoms with Gasteiger partial charge in [0, 0.05) is 17.6 Å². The molecule has 0 spiro atoms. The number of carbonyl (C=O) groups is 2. The molecule has 3 aromatic carbocycles. The molecular formula is C32H38ClN3O5S. The van der Waals surface area contributed by atoms with Gasteiger partial charge in [-0.1, -0.05) is 61.7 Å². The third-order valence-electron chi connectivity index (χ3n) is 7.61. The summed E-state index contributed by atoms with van der Waals surface area (Å²) in [5, 5.41) is 3.58. The first-order chi connectivity index (χ1) is 20.1. The number of methoxy groups -OCH3 is 1. The summed E-state index contributed by atoms with van der Waals surface area (Å²) in [6, 6.07) is 19.4. The SMILES string of the molecule is CCC(C(=O)NC1CCCC1)N(Cc1cccc(OC)c1)C(=O)CN(c1ccc(Cl)cc1C)S(=O)(=O)c1ccccc1. The number of nitrogens with one attached hydrogen (secondary N) is 1. The molecule has 8 nitrogen and oxygen atoms in total. The van der Waals surface area contributed by atoms with Crippen molar-refractivity contribution in [2.75, 3.05) is 18.0 Å². The Labute approximate surface area is 253 Å². The van der Waals surface area contributed by atoms with Crippen molar-refractivity contribution in [3.8, 4) is 5.75 Å². The van der Waals surface area contributed by atoms with Crippen molar-refractivity contribution in [3.05, 3.63) is 88.9 Å². The van der Waals surface area contributed by atoms with Crippen LogP contribution in [0, 0.1) is 6.92 Å². The van der Waals surface area contributed by atoms with E-state index in [1.165, 1.54) is 17.0 Å². The molecule has 0 saturated heterocycles. The average molecular weight is 612 g/mol. The lowest BCUT2D eigenvalue weighted by Gasteiger charge is -2.34. The van der Waals surface area contributed by atoms with Crippen LogP contribution in [0.5, 0.6) is 5.75 Å². The average Bonchev–Trinajstić information content (AvgIpc) is 3.49. The molecular weight excluding hydrogens is 574 g/mol. The number of hydrogen-bond acceptors (Lipinski definition) is 5. The highest BCUT2D eigenvalue weighted by Crippen LogP contribution is 2.30. The quantitative estimate of drug-likeness (QED) is 0.283. The summed E-state index contributed by atoms with van der Waals surface area (Å²) in [5.41, 5.74) is 1.69. The topological polar surface area (TPSA) is 96.0 Å². The Morgan fingerprint density at radius 2 is 1.74 bits per heavy atom. The van der Waals surface area contributed by atoms with Gasteiger partial charge in [-0.25, -0.2) is 8.42 Å². The monoisotopic (exact) mass is 611 g/mol. The van der Waals surface area contributed by atoms with E-state index in [1.807, 2.05) is 25.1 Å². The van der Waals surface area contributed by atoms with E-state index in [2.05, 4.69) is 5.32 Å². The molecule has 1 atom stereocenters. The molecule has 2 amide bonds. The van der Waals surface area contributed by atoms with Crippen LogP contribution in [0.4, 0.5) is 5.69 Å². The molecule has 42 heavy (non-hydrogen) atoms. The number of nitrogens with zero attached hydrogens (tertiary/aromatic N) is 2. The number of carbonyl (C=O) groups excluding carboxylic acids is 2. The number of rotatable bonds is 12. The lowest BCUT2D eigenvalue weighted by Crippen LogP contribution is -2.53. The summed E-state index contributed by atoms with van der Waals surface area (Å²) in [7, 11) is -2.59. The second-order valence-electron chi connectivity index (χ2n) is 10.5. The van der Waals surface area contributed by atoms with Crippen LogP contribution in [-0.4, -0.2) is 50.9 Å². The molecule has 1 aliphatic carbocycles. The summed E-state index contributed by atoms with van der Waals surface area (Å²) in [5.74, 6) is -0.116. The molecule has 1 aliphatic rings. The van der Waals surface area contributed by atoms with E-state index in [0.29, 0.717) is 28.4 Å². The maximum Gasteiger partial charge on any atom is 0.264 e. The van der Waals surface area contributed by atoms with Gasteiger partial charge in [0.25, 0.3) is 10.0 Å². The second kappa shape index (κ2) is 14.1. The summed E-state index contributed by atoms with van der Waals surface area (Å²) >= 11 is 6.19. The van der Waals surface area contributed by atoms with Gasteiger partial charge in [0.05, 0.1) is 17.7 Å². The molecule has 1 unspecified atom stereocenters. The predicted molar refractivity (Wildman–Crippen MR) is 165 cm³/mol. The van der Waals surface area contributed by atoms with E-state index in [4.69, 9.17) is 16.3 Å². The van der Waals surface area contributed by atoms with Gasteiger partial charge in [0.15, 0.2) is 0 Å². The van der Waals surface area contributed by atoms with E-state index in [1.54, 1.807) is 56.5 Å². The number of ether oxygens (including phenoxy) is 1. The summed E-state index contributed by atoms with van der Waals surface area (Å²) in [6.45, 7) is 3.20. The number of hydrogen-bond donors (Lipinski definition) is 1. The third-order valence-corrected chi connectivity index (χ3v) is 9.62. The fraction of sp³-hybridized carbons (Fsp3) is 0.375. The Bertz CT molecular complexity index is 1490. The van der Waals surface area contributed by atoms with E-state index < -0.39 is 28.5 Å². The van der Waals surface area contributed by atoms with Gasteiger partial charge < -0.3 is 15.0 Å². The Balaban J connectivity index is 1.74. The zero-order valence-electron chi connectivity index (χ0n) is 24.3. The molecule has 224 valence electrons. The molecule has 0 bridgehead atoms. The minimum atomic E-state index is -4.15. The lowest BCUT2D eigenvalue weighted by atomic mass is 10.1. The van der Waals surface area contributed by atoms with Gasteiger partial charge >= 0.3 is 0 Å². The number of anilines is 1. The maximum atomic E-state index is 14.3. The molecule has 0 heterocycles. The molecule has 0 aromatic heterocycles. The number of benzene rings is 3. The first-order valence-electron chi connectivity index (χ1n) is 14.2. The number of aryl methyl sites for hydroxylation is 1. The predicted octanol–water partition coefficient (Wildman–Crippen LogP) is 5.72. The highest BCUT2D eigenvalue weighted by Gasteiger charge is 2.35. The van der Waals surface area contributed by atoms with Crippen molar-refractivity contribution in [2.24, 2.45) is 0 Å². The van der Waals surface area contributed by atoms with Gasteiger partial charge in [0.1, 0.15) is 18.3 Å². The molecule has 3 aromatic rings. The molecule has 4 rings (SSSR count). The fourth-order valence-electron chi connectivity index (χ4n) is 5.39. The molecule has 0 aliphatic heterocycles. The standard InChI is InChI=1S/C32H38ClN3O5S/c1-4-29(32(38)34-26-12-8-9-13-26)35(21-24-11-10-14-27(20-24)41-3)31(37)22-36(30-18-17-25(33)19-23(30)2)42(39,40)28-15-6-5-7-16-28/h5-7,10-11,14-20,26,29H,4,8-9,12-13,21-22H2,1-3H3,(H,34,38). The van der Waals surface area contributed by atoms with Crippen molar-refractivity contribution in [1.29, 1.82) is 0 Å². The van der Waals surface area contributed by atoms with Crippen LogP contribution in [0.25, 0.3) is 0 Å². The minimum absolute atomic E-state index is 0.0533. The smallest absolute Gasteiger partial charge is 0.264 e. The Kier molecular flexibility index (Phi) is 10.5.